The van der Waals surface area contributed by atoms with Gasteiger partial charge in [0.2, 0.25) is 5.90 Å². The number of hydrogen-bond acceptors (Lipinski definition) is 3. The van der Waals surface area contributed by atoms with Gasteiger partial charge < -0.3 is 4.74 Å². The van der Waals surface area contributed by atoms with E-state index in [4.69, 9.17) is 4.74 Å². The summed E-state index contributed by atoms with van der Waals surface area (Å²) in [5, 5.41) is 0. The minimum absolute atomic E-state index is 0.112. The van der Waals surface area contributed by atoms with Gasteiger partial charge in [-0.3, -0.25) is 0 Å². The number of esters is 1. The summed E-state index contributed by atoms with van der Waals surface area (Å²) in [5.74, 6) is -1.22. The Morgan fingerprint density at radius 2 is 1.48 bits per heavy atom. The van der Waals surface area contributed by atoms with E-state index in [1.54, 1.807) is 0 Å². The van der Waals surface area contributed by atoms with E-state index in [9.17, 15) is 13.6 Å². The number of nitrogens with zero attached hydrogens (tertiary/aromatic N) is 1. The van der Waals surface area contributed by atoms with Crippen molar-refractivity contribution < 1.29 is 18.3 Å². The van der Waals surface area contributed by atoms with Gasteiger partial charge in [-0.05, 0) is 48.0 Å². The molecule has 0 saturated carbocycles. The van der Waals surface area contributed by atoms with Crippen molar-refractivity contribution in [3.8, 4) is 0 Å². The van der Waals surface area contributed by atoms with Gasteiger partial charge in [0.05, 0.1) is 0 Å². The van der Waals surface area contributed by atoms with Crippen LogP contribution in [0.2, 0.25) is 0 Å². The van der Waals surface area contributed by atoms with Crippen molar-refractivity contribution in [1.82, 2.24) is 0 Å². The highest BCUT2D eigenvalue weighted by atomic mass is 19.1. The molecular weight excluding hydrogens is 276 g/mol. The molecule has 0 bridgehead atoms. The molecule has 0 amide bonds. The van der Waals surface area contributed by atoms with E-state index >= 15 is 0 Å². The zero-order valence-corrected chi connectivity index (χ0v) is 10.7. The Kier molecular flexibility index (Phi) is 3.31. The van der Waals surface area contributed by atoms with Crippen LogP contribution in [0.3, 0.4) is 0 Å². The molecule has 2 aromatic carbocycles. The van der Waals surface area contributed by atoms with Crippen LogP contribution < -0.4 is 0 Å². The van der Waals surface area contributed by atoms with Crippen LogP contribution in [0.15, 0.2) is 59.2 Å². The fourth-order valence-electron chi connectivity index (χ4n) is 1.84. The van der Waals surface area contributed by atoms with Gasteiger partial charge in [-0.1, -0.05) is 12.1 Å². The fraction of sp³-hybridized carbons (Fsp3) is 0. The molecule has 0 N–H and O–H groups in total. The highest BCUT2D eigenvalue weighted by molar-refractivity contribution is 6.12. The van der Waals surface area contributed by atoms with Crippen LogP contribution in [-0.2, 0) is 9.53 Å². The van der Waals surface area contributed by atoms with Crippen molar-refractivity contribution in [3.05, 3.63) is 77.0 Å². The molecule has 21 heavy (non-hydrogen) atoms. The third kappa shape index (κ3) is 2.86. The van der Waals surface area contributed by atoms with Gasteiger partial charge in [0, 0.05) is 5.56 Å². The molecule has 0 aromatic heterocycles. The zero-order chi connectivity index (χ0) is 14.8. The first-order chi connectivity index (χ1) is 10.1. The Morgan fingerprint density at radius 1 is 0.905 bits per heavy atom. The van der Waals surface area contributed by atoms with E-state index in [0.29, 0.717) is 11.1 Å². The van der Waals surface area contributed by atoms with E-state index < -0.39 is 5.97 Å². The second-order valence-corrected chi connectivity index (χ2v) is 4.39. The van der Waals surface area contributed by atoms with E-state index in [2.05, 4.69) is 4.99 Å². The lowest BCUT2D eigenvalue weighted by molar-refractivity contribution is -0.129. The van der Waals surface area contributed by atoms with Gasteiger partial charge in [-0.15, -0.1) is 0 Å². The molecular formula is C16H9F2NO2. The summed E-state index contributed by atoms with van der Waals surface area (Å²) in [5.41, 5.74) is 1.25. The highest BCUT2D eigenvalue weighted by Crippen LogP contribution is 2.19. The predicted octanol–water partition coefficient (Wildman–Crippen LogP) is 3.31. The summed E-state index contributed by atoms with van der Waals surface area (Å²) < 4.78 is 30.7. The molecule has 2 aromatic rings. The summed E-state index contributed by atoms with van der Waals surface area (Å²) in [4.78, 5) is 15.8. The number of carbonyl (C=O) groups excluding carboxylic acids is 1. The molecule has 104 valence electrons. The number of hydrogen-bond donors (Lipinski definition) is 0. The number of carbonyl (C=O) groups is 1. The summed E-state index contributed by atoms with van der Waals surface area (Å²) in [6.45, 7) is 0. The molecule has 0 radical (unpaired) electrons. The number of rotatable bonds is 2. The predicted molar refractivity (Wildman–Crippen MR) is 73.4 cm³/mol. The van der Waals surface area contributed by atoms with Gasteiger partial charge >= 0.3 is 5.97 Å². The molecule has 3 nitrogen and oxygen atoms in total. The molecule has 0 fully saturated rings. The molecule has 0 unspecified atom stereocenters. The van der Waals surface area contributed by atoms with E-state index in [0.717, 1.165) is 0 Å². The molecule has 0 atom stereocenters. The van der Waals surface area contributed by atoms with Gasteiger partial charge in [0.15, 0.2) is 5.70 Å². The first-order valence-corrected chi connectivity index (χ1v) is 6.16. The second kappa shape index (κ2) is 5.28. The van der Waals surface area contributed by atoms with Crippen LogP contribution >= 0.6 is 0 Å². The average molecular weight is 285 g/mol. The van der Waals surface area contributed by atoms with Crippen molar-refractivity contribution >= 4 is 17.9 Å². The third-order valence-electron chi connectivity index (χ3n) is 2.89. The maximum Gasteiger partial charge on any atom is 0.363 e. The molecule has 1 aliphatic rings. The highest BCUT2D eigenvalue weighted by Gasteiger charge is 2.24. The first kappa shape index (κ1) is 13.2. The summed E-state index contributed by atoms with van der Waals surface area (Å²) in [6, 6.07) is 11.1. The normalized spacial score (nSPS) is 16.0. The lowest BCUT2D eigenvalue weighted by Gasteiger charge is -1.98. The quantitative estimate of drug-likeness (QED) is 0.627. The minimum atomic E-state index is -0.598. The minimum Gasteiger partial charge on any atom is -0.402 e. The van der Waals surface area contributed by atoms with E-state index in [-0.39, 0.29) is 23.2 Å². The van der Waals surface area contributed by atoms with Crippen LogP contribution in [0.1, 0.15) is 11.1 Å². The fourth-order valence-corrected chi connectivity index (χ4v) is 1.84. The van der Waals surface area contributed by atoms with Crippen LogP contribution in [0.25, 0.3) is 6.08 Å². The lowest BCUT2D eigenvalue weighted by atomic mass is 10.2. The van der Waals surface area contributed by atoms with Gasteiger partial charge in [-0.25, -0.2) is 18.6 Å². The average Bonchev–Trinajstić information content (AvgIpc) is 2.83. The Morgan fingerprint density at radius 3 is 2.10 bits per heavy atom. The molecule has 5 heteroatoms. The Hall–Kier alpha value is -2.82. The van der Waals surface area contributed by atoms with Crippen molar-refractivity contribution in [2.75, 3.05) is 0 Å². The second-order valence-electron chi connectivity index (χ2n) is 4.39. The van der Waals surface area contributed by atoms with Crippen molar-refractivity contribution in [3.63, 3.8) is 0 Å². The molecule has 1 aliphatic heterocycles. The topological polar surface area (TPSA) is 38.7 Å². The monoisotopic (exact) mass is 285 g/mol. The SMILES string of the molecule is O=C1OC(c2ccc(F)cc2)=N/C1=C\c1ccc(F)cc1. The zero-order valence-electron chi connectivity index (χ0n) is 10.7. The number of benzene rings is 2. The summed E-state index contributed by atoms with van der Waals surface area (Å²) >= 11 is 0. The van der Waals surface area contributed by atoms with Gasteiger partial charge in [-0.2, -0.15) is 0 Å². The largest absolute Gasteiger partial charge is 0.402 e. The Labute approximate surface area is 119 Å². The maximum atomic E-state index is 12.9. The molecule has 0 aliphatic carbocycles. The van der Waals surface area contributed by atoms with E-state index in [1.807, 2.05) is 0 Å². The summed E-state index contributed by atoms with van der Waals surface area (Å²) in [7, 11) is 0. The third-order valence-corrected chi connectivity index (χ3v) is 2.89. The molecule has 1 heterocycles. The molecule has 0 saturated heterocycles. The number of aliphatic imine (C=N–C) groups is 1. The molecule has 0 spiro atoms. The van der Waals surface area contributed by atoms with Crippen molar-refractivity contribution in [1.29, 1.82) is 0 Å². The first-order valence-electron chi connectivity index (χ1n) is 6.16. The lowest BCUT2D eigenvalue weighted by Crippen LogP contribution is -2.05. The van der Waals surface area contributed by atoms with Crippen molar-refractivity contribution in [2.24, 2.45) is 4.99 Å². The summed E-state index contributed by atoms with van der Waals surface area (Å²) in [6.07, 6.45) is 1.50. The molecule has 3 rings (SSSR count). The standard InChI is InChI=1S/C16H9F2NO2/c17-12-5-1-10(2-6-12)9-14-16(20)21-15(19-14)11-3-7-13(18)8-4-11/h1-9H/b14-9-. The Balaban J connectivity index is 1.91. The Bertz CT molecular complexity index is 747. The number of ether oxygens (including phenoxy) is 1. The van der Waals surface area contributed by atoms with Crippen LogP contribution in [0.5, 0.6) is 0 Å². The number of cyclic esters (lactones) is 1. The smallest absolute Gasteiger partial charge is 0.363 e. The van der Waals surface area contributed by atoms with Crippen LogP contribution in [-0.4, -0.2) is 11.9 Å². The van der Waals surface area contributed by atoms with Gasteiger partial charge in [0.1, 0.15) is 11.6 Å². The van der Waals surface area contributed by atoms with Crippen molar-refractivity contribution in [2.45, 2.75) is 0 Å². The van der Waals surface area contributed by atoms with Crippen LogP contribution in [0.4, 0.5) is 8.78 Å². The number of halogens is 2. The van der Waals surface area contributed by atoms with Crippen LogP contribution in [0, 0.1) is 11.6 Å². The van der Waals surface area contributed by atoms with Gasteiger partial charge in [0.25, 0.3) is 0 Å². The maximum absolute atomic E-state index is 12.9. The van der Waals surface area contributed by atoms with E-state index in [1.165, 1.54) is 54.6 Å².